The third kappa shape index (κ3) is 5.96. The number of hydrogen-bond acceptors (Lipinski definition) is 3. The van der Waals surface area contributed by atoms with Crippen LogP contribution in [0.4, 0.5) is 11.4 Å². The van der Waals surface area contributed by atoms with E-state index in [0.717, 1.165) is 21.9 Å². The van der Waals surface area contributed by atoms with Gasteiger partial charge in [-0.05, 0) is 65.9 Å². The number of nitrogens with one attached hydrogen (secondary N) is 2. The van der Waals surface area contributed by atoms with E-state index in [1.54, 1.807) is 30.3 Å². The number of carbonyl (C=O) groups excluding carboxylic acids is 2. The molecule has 0 saturated carbocycles. The molecule has 6 nitrogen and oxygen atoms in total. The van der Waals surface area contributed by atoms with Gasteiger partial charge in [0.2, 0.25) is 5.91 Å². The number of para-hydroxylation sites is 1. The first-order valence-electron chi connectivity index (χ1n) is 11.9. The molecule has 0 fully saturated rings. The largest absolute Gasteiger partial charge is 0.481 e. The highest BCUT2D eigenvalue weighted by atomic mass is 16.4. The van der Waals surface area contributed by atoms with E-state index >= 15 is 0 Å². The van der Waals surface area contributed by atoms with Gasteiger partial charge in [0.25, 0.3) is 5.91 Å². The molecule has 0 bridgehead atoms. The molecule has 0 aliphatic heterocycles. The number of amides is 2. The Kier molecular flexibility index (Phi) is 7.75. The number of aliphatic carboxylic acids is 1. The maximum absolute atomic E-state index is 13.4. The van der Waals surface area contributed by atoms with E-state index in [2.05, 4.69) is 10.6 Å². The van der Waals surface area contributed by atoms with Gasteiger partial charge >= 0.3 is 5.97 Å². The van der Waals surface area contributed by atoms with Gasteiger partial charge in [0, 0.05) is 23.4 Å². The Morgan fingerprint density at radius 3 is 2.33 bits per heavy atom. The summed E-state index contributed by atoms with van der Waals surface area (Å²) in [6.45, 7) is 1.85. The molecule has 4 aromatic rings. The summed E-state index contributed by atoms with van der Waals surface area (Å²) < 4.78 is 0. The summed E-state index contributed by atoms with van der Waals surface area (Å²) in [5, 5.41) is 17.0. The summed E-state index contributed by atoms with van der Waals surface area (Å²) in [7, 11) is 0. The van der Waals surface area contributed by atoms with Gasteiger partial charge in [0.15, 0.2) is 0 Å². The molecule has 4 aromatic carbocycles. The van der Waals surface area contributed by atoms with Crippen molar-refractivity contribution in [2.45, 2.75) is 32.1 Å². The summed E-state index contributed by atoms with van der Waals surface area (Å²) in [6, 6.07) is 28.1. The SMILES string of the molecule is CC(C(=O)Nc1cc(C(=O)Nc2ccccc2)ccc1CCCC(=O)O)c1cccc2ccccc12. The minimum absolute atomic E-state index is 0.0238. The highest BCUT2D eigenvalue weighted by molar-refractivity contribution is 6.06. The first-order chi connectivity index (χ1) is 17.4. The molecule has 1 unspecified atom stereocenters. The van der Waals surface area contributed by atoms with Crippen LogP contribution in [0.2, 0.25) is 0 Å². The van der Waals surface area contributed by atoms with Crippen LogP contribution in [0.3, 0.4) is 0 Å². The standard InChI is InChI=1S/C30H28N2O4/c1-20(25-15-7-10-21-9-5-6-14-26(21)25)29(35)32-27-19-23(18-17-22(27)11-8-16-28(33)34)30(36)31-24-12-3-2-4-13-24/h2-7,9-10,12-15,17-20H,8,11,16H2,1H3,(H,31,36)(H,32,35)(H,33,34). The van der Waals surface area contributed by atoms with E-state index in [4.69, 9.17) is 5.11 Å². The van der Waals surface area contributed by atoms with Crippen LogP contribution < -0.4 is 10.6 Å². The van der Waals surface area contributed by atoms with E-state index in [-0.39, 0.29) is 18.2 Å². The summed E-state index contributed by atoms with van der Waals surface area (Å²) in [6.07, 6.45) is 0.911. The lowest BCUT2D eigenvalue weighted by atomic mass is 9.94. The number of carboxylic acid groups (broad SMARTS) is 1. The predicted molar refractivity (Wildman–Crippen MR) is 142 cm³/mol. The van der Waals surface area contributed by atoms with E-state index in [1.807, 2.05) is 67.6 Å². The number of rotatable bonds is 9. The van der Waals surface area contributed by atoms with Crippen LogP contribution in [0.15, 0.2) is 91.0 Å². The summed E-state index contributed by atoms with van der Waals surface area (Å²) in [4.78, 5) is 37.2. The van der Waals surface area contributed by atoms with Gasteiger partial charge in [-0.1, -0.05) is 66.7 Å². The number of hydrogen-bond donors (Lipinski definition) is 3. The second kappa shape index (κ2) is 11.3. The molecule has 1 atom stereocenters. The van der Waals surface area contributed by atoms with Crippen LogP contribution >= 0.6 is 0 Å². The number of carboxylic acids is 1. The average molecular weight is 481 g/mol. The zero-order chi connectivity index (χ0) is 25.5. The zero-order valence-corrected chi connectivity index (χ0v) is 20.0. The van der Waals surface area contributed by atoms with Crippen molar-refractivity contribution in [2.75, 3.05) is 10.6 Å². The Balaban J connectivity index is 1.60. The first-order valence-corrected chi connectivity index (χ1v) is 11.9. The van der Waals surface area contributed by atoms with Crippen molar-refractivity contribution >= 4 is 39.9 Å². The molecular formula is C30H28N2O4. The number of benzene rings is 4. The second-order valence-electron chi connectivity index (χ2n) is 8.72. The van der Waals surface area contributed by atoms with Gasteiger partial charge < -0.3 is 15.7 Å². The molecule has 36 heavy (non-hydrogen) atoms. The third-order valence-corrected chi connectivity index (χ3v) is 6.18. The molecule has 0 heterocycles. The second-order valence-corrected chi connectivity index (χ2v) is 8.72. The Morgan fingerprint density at radius 2 is 1.56 bits per heavy atom. The van der Waals surface area contributed by atoms with E-state index in [9.17, 15) is 14.4 Å². The Hall–Kier alpha value is -4.45. The van der Waals surface area contributed by atoms with Crippen LogP contribution in [-0.2, 0) is 16.0 Å². The Bertz CT molecular complexity index is 1390. The first kappa shape index (κ1) is 24.7. The number of anilines is 2. The normalized spacial score (nSPS) is 11.6. The average Bonchev–Trinajstić information content (AvgIpc) is 2.89. The maximum Gasteiger partial charge on any atom is 0.303 e. The van der Waals surface area contributed by atoms with Gasteiger partial charge in [-0.15, -0.1) is 0 Å². The topological polar surface area (TPSA) is 95.5 Å². The van der Waals surface area contributed by atoms with Gasteiger partial charge in [-0.2, -0.15) is 0 Å². The lowest BCUT2D eigenvalue weighted by Gasteiger charge is -2.18. The number of fused-ring (bicyclic) bond motifs is 1. The summed E-state index contributed by atoms with van der Waals surface area (Å²) in [5.41, 5.74) is 3.28. The van der Waals surface area contributed by atoms with Crippen molar-refractivity contribution in [3.05, 3.63) is 108 Å². The van der Waals surface area contributed by atoms with E-state index in [0.29, 0.717) is 29.8 Å². The zero-order valence-electron chi connectivity index (χ0n) is 20.0. The maximum atomic E-state index is 13.4. The molecule has 0 aliphatic rings. The Morgan fingerprint density at radius 1 is 0.833 bits per heavy atom. The van der Waals surface area contributed by atoms with Gasteiger partial charge in [0.05, 0.1) is 5.92 Å². The molecule has 182 valence electrons. The van der Waals surface area contributed by atoms with Gasteiger partial charge in [0.1, 0.15) is 0 Å². The van der Waals surface area contributed by atoms with Crippen LogP contribution in [0.1, 0.15) is 47.2 Å². The van der Waals surface area contributed by atoms with Crippen LogP contribution in [-0.4, -0.2) is 22.9 Å². The highest BCUT2D eigenvalue weighted by Crippen LogP contribution is 2.28. The van der Waals surface area contributed by atoms with Crippen molar-refractivity contribution in [3.8, 4) is 0 Å². The van der Waals surface area contributed by atoms with Crippen LogP contribution in [0, 0.1) is 0 Å². The van der Waals surface area contributed by atoms with Crippen molar-refractivity contribution in [2.24, 2.45) is 0 Å². The molecule has 0 saturated heterocycles. The van der Waals surface area contributed by atoms with E-state index < -0.39 is 11.9 Å². The van der Waals surface area contributed by atoms with Crippen molar-refractivity contribution in [1.29, 1.82) is 0 Å². The number of carbonyl (C=O) groups is 3. The molecule has 6 heteroatoms. The minimum atomic E-state index is -0.871. The van der Waals surface area contributed by atoms with Gasteiger partial charge in [-0.25, -0.2) is 0 Å². The fourth-order valence-corrected chi connectivity index (χ4v) is 4.22. The fourth-order valence-electron chi connectivity index (χ4n) is 4.22. The lowest BCUT2D eigenvalue weighted by Crippen LogP contribution is -2.21. The fraction of sp³-hybridized carbons (Fsp3) is 0.167. The predicted octanol–water partition coefficient (Wildman–Crippen LogP) is 6.24. The lowest BCUT2D eigenvalue weighted by molar-refractivity contribution is -0.137. The minimum Gasteiger partial charge on any atom is -0.481 e. The molecule has 2 amide bonds. The third-order valence-electron chi connectivity index (χ3n) is 6.18. The summed E-state index contributed by atoms with van der Waals surface area (Å²) >= 11 is 0. The number of aryl methyl sites for hydroxylation is 1. The molecule has 4 rings (SSSR count). The van der Waals surface area contributed by atoms with Crippen LogP contribution in [0.25, 0.3) is 10.8 Å². The van der Waals surface area contributed by atoms with Crippen LogP contribution in [0.5, 0.6) is 0 Å². The molecule has 3 N–H and O–H groups in total. The quantitative estimate of drug-likeness (QED) is 0.264. The molecular weight excluding hydrogens is 452 g/mol. The molecule has 0 aromatic heterocycles. The molecule has 0 aliphatic carbocycles. The Labute approximate surface area is 210 Å². The summed E-state index contributed by atoms with van der Waals surface area (Å²) in [5.74, 6) is -1.81. The van der Waals surface area contributed by atoms with Crippen molar-refractivity contribution in [1.82, 2.24) is 0 Å². The monoisotopic (exact) mass is 480 g/mol. The molecule has 0 spiro atoms. The highest BCUT2D eigenvalue weighted by Gasteiger charge is 2.20. The van der Waals surface area contributed by atoms with Crippen molar-refractivity contribution < 1.29 is 19.5 Å². The van der Waals surface area contributed by atoms with Gasteiger partial charge in [-0.3, -0.25) is 14.4 Å². The molecule has 0 radical (unpaired) electrons. The van der Waals surface area contributed by atoms with Crippen molar-refractivity contribution in [3.63, 3.8) is 0 Å². The van der Waals surface area contributed by atoms with E-state index in [1.165, 1.54) is 0 Å². The smallest absolute Gasteiger partial charge is 0.303 e.